The number of tetrazole rings is 1. The fraction of sp³-hybridized carbons (Fsp3) is 0.200. The van der Waals surface area contributed by atoms with Crippen molar-refractivity contribution >= 4 is 11.7 Å². The second-order valence-corrected chi connectivity index (χ2v) is 3.54. The maximum atomic E-state index is 11.6. The molecule has 0 saturated carbocycles. The zero-order valence-electron chi connectivity index (χ0n) is 9.55. The Bertz CT molecular complexity index is 511. The number of urea groups is 1. The molecule has 0 unspecified atom stereocenters. The number of benzene rings is 1. The number of nitrogens with one attached hydrogen (secondary N) is 3. The van der Waals surface area contributed by atoms with Gasteiger partial charge in [-0.1, -0.05) is 17.3 Å². The highest BCUT2D eigenvalue weighted by Gasteiger charge is 2.04. The van der Waals surface area contributed by atoms with Crippen molar-refractivity contribution in [3.05, 3.63) is 35.7 Å². The summed E-state index contributed by atoms with van der Waals surface area (Å²) in [6.45, 7) is 0.638. The number of hydrogen-bond donors (Lipinski definition) is 4. The number of nitrogens with two attached hydrogens (primary N) is 1. The van der Waals surface area contributed by atoms with E-state index in [1.54, 1.807) is 6.07 Å². The minimum Gasteiger partial charge on any atom is -0.330 e. The molecule has 0 aliphatic rings. The van der Waals surface area contributed by atoms with Gasteiger partial charge < -0.3 is 16.4 Å². The topological polar surface area (TPSA) is 122 Å². The Labute approximate surface area is 103 Å². The van der Waals surface area contributed by atoms with Crippen LogP contribution in [0.3, 0.4) is 0 Å². The number of H-pyrrole nitrogens is 1. The number of amides is 2. The Morgan fingerprint density at radius 1 is 1.44 bits per heavy atom. The number of nitrogens with zero attached hydrogens (tertiary/aromatic N) is 3. The normalized spacial score (nSPS) is 10.1. The smallest absolute Gasteiger partial charge is 0.319 e. The second kappa shape index (κ2) is 5.73. The number of carbonyl (C=O) groups excluding carboxylic acids is 1. The van der Waals surface area contributed by atoms with Crippen LogP contribution in [0.25, 0.3) is 0 Å². The largest absolute Gasteiger partial charge is 0.330 e. The molecule has 2 amide bonds. The van der Waals surface area contributed by atoms with E-state index in [2.05, 4.69) is 31.3 Å². The Kier molecular flexibility index (Phi) is 3.82. The average molecular weight is 247 g/mol. The molecule has 5 N–H and O–H groups in total. The molecular formula is C10H13N7O. The van der Waals surface area contributed by atoms with E-state index in [-0.39, 0.29) is 12.6 Å². The standard InChI is InChI=1S/C10H13N7O/c11-5-7-2-1-3-8(4-7)13-10(18)12-6-9-14-16-17-15-9/h1-4H,5-6,11H2,(H2,12,13,18)(H,14,15,16,17). The molecule has 0 saturated heterocycles. The van der Waals surface area contributed by atoms with Crippen LogP contribution in [0.5, 0.6) is 0 Å². The van der Waals surface area contributed by atoms with Crippen molar-refractivity contribution in [3.63, 3.8) is 0 Å². The van der Waals surface area contributed by atoms with Crippen molar-refractivity contribution in [1.82, 2.24) is 25.9 Å². The third-order valence-electron chi connectivity index (χ3n) is 2.22. The molecule has 0 fully saturated rings. The molecule has 8 heteroatoms. The van der Waals surface area contributed by atoms with E-state index < -0.39 is 0 Å². The average Bonchev–Trinajstić information content (AvgIpc) is 2.90. The molecule has 18 heavy (non-hydrogen) atoms. The lowest BCUT2D eigenvalue weighted by Crippen LogP contribution is -2.28. The monoisotopic (exact) mass is 247 g/mol. The van der Waals surface area contributed by atoms with Gasteiger partial charge in [-0.05, 0) is 17.7 Å². The molecule has 1 heterocycles. The Morgan fingerprint density at radius 2 is 2.33 bits per heavy atom. The molecule has 1 aromatic carbocycles. The molecule has 0 bridgehead atoms. The first-order valence-corrected chi connectivity index (χ1v) is 5.34. The van der Waals surface area contributed by atoms with Crippen molar-refractivity contribution in [2.75, 3.05) is 5.32 Å². The highest BCUT2D eigenvalue weighted by atomic mass is 16.2. The highest BCUT2D eigenvalue weighted by molar-refractivity contribution is 5.89. The van der Waals surface area contributed by atoms with Gasteiger partial charge in [-0.25, -0.2) is 4.79 Å². The maximum Gasteiger partial charge on any atom is 0.319 e. The molecule has 0 aliphatic carbocycles. The van der Waals surface area contributed by atoms with Gasteiger partial charge in [-0.2, -0.15) is 5.21 Å². The summed E-state index contributed by atoms with van der Waals surface area (Å²) in [7, 11) is 0. The van der Waals surface area contributed by atoms with Crippen LogP contribution in [0, 0.1) is 0 Å². The van der Waals surface area contributed by atoms with Crippen LogP contribution in [0.15, 0.2) is 24.3 Å². The minimum atomic E-state index is -0.339. The van der Waals surface area contributed by atoms with E-state index in [1.165, 1.54) is 0 Å². The van der Waals surface area contributed by atoms with Gasteiger partial charge >= 0.3 is 6.03 Å². The number of rotatable bonds is 4. The molecule has 2 aromatic rings. The van der Waals surface area contributed by atoms with Crippen LogP contribution in [0.4, 0.5) is 10.5 Å². The van der Waals surface area contributed by atoms with Crippen LogP contribution in [-0.2, 0) is 13.1 Å². The lowest BCUT2D eigenvalue weighted by atomic mass is 10.2. The lowest BCUT2D eigenvalue weighted by Gasteiger charge is -2.07. The summed E-state index contributed by atoms with van der Waals surface area (Å²) in [5.41, 5.74) is 7.15. The summed E-state index contributed by atoms with van der Waals surface area (Å²) in [4.78, 5) is 11.6. The Morgan fingerprint density at radius 3 is 3.06 bits per heavy atom. The molecule has 0 atom stereocenters. The van der Waals surface area contributed by atoms with E-state index in [0.29, 0.717) is 18.1 Å². The van der Waals surface area contributed by atoms with Crippen molar-refractivity contribution in [2.45, 2.75) is 13.1 Å². The summed E-state index contributed by atoms with van der Waals surface area (Å²) >= 11 is 0. The lowest BCUT2D eigenvalue weighted by molar-refractivity contribution is 0.251. The number of hydrogen-bond acceptors (Lipinski definition) is 5. The summed E-state index contributed by atoms with van der Waals surface area (Å²) in [6, 6.07) is 6.98. The fourth-order valence-electron chi connectivity index (χ4n) is 1.37. The van der Waals surface area contributed by atoms with Gasteiger partial charge in [0, 0.05) is 12.2 Å². The summed E-state index contributed by atoms with van der Waals surface area (Å²) in [5, 5.41) is 18.4. The molecule has 94 valence electrons. The third kappa shape index (κ3) is 3.25. The Hall–Kier alpha value is -2.48. The summed E-state index contributed by atoms with van der Waals surface area (Å²) < 4.78 is 0. The van der Waals surface area contributed by atoms with Crippen molar-refractivity contribution in [3.8, 4) is 0 Å². The summed E-state index contributed by atoms with van der Waals surface area (Å²) in [6.07, 6.45) is 0. The van der Waals surface area contributed by atoms with E-state index in [9.17, 15) is 4.79 Å². The predicted octanol–water partition coefficient (Wildman–Crippen LogP) is -0.0199. The summed E-state index contributed by atoms with van der Waals surface area (Å²) in [5.74, 6) is 0.417. The Balaban J connectivity index is 1.86. The predicted molar refractivity (Wildman–Crippen MR) is 64.4 cm³/mol. The quantitative estimate of drug-likeness (QED) is 0.605. The van der Waals surface area contributed by atoms with Crippen LogP contribution < -0.4 is 16.4 Å². The van der Waals surface area contributed by atoms with Gasteiger partial charge in [0.1, 0.15) is 0 Å². The molecular weight excluding hydrogens is 234 g/mol. The van der Waals surface area contributed by atoms with Gasteiger partial charge in [0.15, 0.2) is 5.82 Å². The zero-order chi connectivity index (χ0) is 12.8. The number of anilines is 1. The number of aromatic nitrogens is 4. The molecule has 0 radical (unpaired) electrons. The first-order valence-electron chi connectivity index (χ1n) is 5.34. The zero-order valence-corrected chi connectivity index (χ0v) is 9.55. The van der Waals surface area contributed by atoms with Crippen LogP contribution >= 0.6 is 0 Å². The van der Waals surface area contributed by atoms with Crippen molar-refractivity contribution < 1.29 is 4.79 Å². The van der Waals surface area contributed by atoms with Gasteiger partial charge in [-0.15, -0.1) is 10.2 Å². The van der Waals surface area contributed by atoms with Crippen LogP contribution in [0.1, 0.15) is 11.4 Å². The van der Waals surface area contributed by atoms with E-state index in [1.807, 2.05) is 18.2 Å². The van der Waals surface area contributed by atoms with Crippen molar-refractivity contribution in [1.29, 1.82) is 0 Å². The minimum absolute atomic E-state index is 0.207. The van der Waals surface area contributed by atoms with Crippen molar-refractivity contribution in [2.24, 2.45) is 5.73 Å². The van der Waals surface area contributed by atoms with E-state index in [0.717, 1.165) is 5.56 Å². The number of carbonyl (C=O) groups is 1. The van der Waals surface area contributed by atoms with Gasteiger partial charge in [0.25, 0.3) is 0 Å². The van der Waals surface area contributed by atoms with E-state index in [4.69, 9.17) is 5.73 Å². The molecule has 0 spiro atoms. The third-order valence-corrected chi connectivity index (χ3v) is 2.22. The maximum absolute atomic E-state index is 11.6. The SMILES string of the molecule is NCc1cccc(NC(=O)NCc2nn[nH]n2)c1. The van der Waals surface area contributed by atoms with E-state index >= 15 is 0 Å². The fourth-order valence-corrected chi connectivity index (χ4v) is 1.37. The molecule has 0 aliphatic heterocycles. The molecule has 2 rings (SSSR count). The first kappa shape index (κ1) is 12.0. The van der Waals surface area contributed by atoms with Gasteiger partial charge in [0.05, 0.1) is 6.54 Å². The van der Waals surface area contributed by atoms with Gasteiger partial charge in [0.2, 0.25) is 0 Å². The first-order chi connectivity index (χ1) is 8.78. The molecule has 1 aromatic heterocycles. The van der Waals surface area contributed by atoms with Crippen LogP contribution in [0.2, 0.25) is 0 Å². The number of aromatic amines is 1. The van der Waals surface area contributed by atoms with Gasteiger partial charge in [-0.3, -0.25) is 0 Å². The second-order valence-electron chi connectivity index (χ2n) is 3.54. The van der Waals surface area contributed by atoms with Crippen LogP contribution in [-0.4, -0.2) is 26.7 Å². The molecule has 8 nitrogen and oxygen atoms in total. The highest BCUT2D eigenvalue weighted by Crippen LogP contribution is 2.09.